The number of thiophene rings is 1. The zero-order valence-electron chi connectivity index (χ0n) is 11.4. The molecular weight excluding hydrogens is 294 g/mol. The highest BCUT2D eigenvalue weighted by molar-refractivity contribution is 7.07. The van der Waals surface area contributed by atoms with Crippen LogP contribution in [0.3, 0.4) is 0 Å². The molecule has 1 aromatic heterocycles. The van der Waals surface area contributed by atoms with Crippen molar-refractivity contribution in [3.8, 4) is 11.5 Å². The zero-order chi connectivity index (χ0) is 14.4. The van der Waals surface area contributed by atoms with Crippen LogP contribution in [0.25, 0.3) is 0 Å². The molecule has 0 aliphatic rings. The van der Waals surface area contributed by atoms with Crippen molar-refractivity contribution in [2.75, 3.05) is 20.3 Å². The quantitative estimate of drug-likeness (QED) is 0.850. The Morgan fingerprint density at radius 1 is 1.30 bits per heavy atom. The summed E-state index contributed by atoms with van der Waals surface area (Å²) in [5.41, 5.74) is 7.91. The van der Waals surface area contributed by atoms with Gasteiger partial charge < -0.3 is 15.2 Å². The van der Waals surface area contributed by atoms with E-state index in [4.69, 9.17) is 26.8 Å². The number of halogens is 1. The topological polar surface area (TPSA) is 44.5 Å². The minimum Gasteiger partial charge on any atom is -0.493 e. The lowest BCUT2D eigenvalue weighted by atomic mass is 10.1. The van der Waals surface area contributed by atoms with Crippen LogP contribution in [0.15, 0.2) is 29.0 Å². The van der Waals surface area contributed by atoms with Gasteiger partial charge in [0, 0.05) is 23.1 Å². The molecule has 0 fully saturated rings. The van der Waals surface area contributed by atoms with Gasteiger partial charge in [-0.1, -0.05) is 11.6 Å². The molecule has 2 N–H and O–H groups in total. The van der Waals surface area contributed by atoms with Gasteiger partial charge in [-0.2, -0.15) is 11.3 Å². The van der Waals surface area contributed by atoms with Gasteiger partial charge in [-0.05, 0) is 41.4 Å². The van der Waals surface area contributed by atoms with Gasteiger partial charge in [0.15, 0.2) is 11.5 Å². The van der Waals surface area contributed by atoms with Crippen LogP contribution in [0.4, 0.5) is 0 Å². The molecule has 20 heavy (non-hydrogen) atoms. The minimum absolute atomic E-state index is 0.546. The molecule has 1 aromatic carbocycles. The molecule has 2 aromatic rings. The fraction of sp³-hybridized carbons (Fsp3) is 0.333. The molecule has 0 radical (unpaired) electrons. The van der Waals surface area contributed by atoms with E-state index in [1.54, 1.807) is 24.5 Å². The van der Waals surface area contributed by atoms with Crippen molar-refractivity contribution < 1.29 is 9.47 Å². The Morgan fingerprint density at radius 2 is 2.15 bits per heavy atom. The lowest BCUT2D eigenvalue weighted by molar-refractivity contribution is 0.294. The second kappa shape index (κ2) is 7.53. The van der Waals surface area contributed by atoms with E-state index >= 15 is 0 Å². The second-order valence-electron chi connectivity index (χ2n) is 4.37. The summed E-state index contributed by atoms with van der Waals surface area (Å²) in [6.45, 7) is 1.15. The first kappa shape index (κ1) is 15.2. The molecule has 3 nitrogen and oxygen atoms in total. The number of hydrogen-bond acceptors (Lipinski definition) is 4. The SMILES string of the molecule is COc1cc(Cl)cc(CCN)c1OCCc1ccsc1. The van der Waals surface area contributed by atoms with Crippen LogP contribution in [0, 0.1) is 0 Å². The Bertz CT molecular complexity index is 543. The molecule has 0 atom stereocenters. The van der Waals surface area contributed by atoms with Crippen LogP contribution >= 0.6 is 22.9 Å². The average molecular weight is 312 g/mol. The molecule has 0 aliphatic heterocycles. The summed E-state index contributed by atoms with van der Waals surface area (Å²) in [5, 5.41) is 4.83. The lowest BCUT2D eigenvalue weighted by Gasteiger charge is -2.15. The Labute approximate surface area is 128 Å². The fourth-order valence-electron chi connectivity index (χ4n) is 1.99. The van der Waals surface area contributed by atoms with E-state index in [0.29, 0.717) is 30.3 Å². The maximum Gasteiger partial charge on any atom is 0.164 e. The molecule has 0 bridgehead atoms. The predicted molar refractivity (Wildman–Crippen MR) is 84.3 cm³/mol. The van der Waals surface area contributed by atoms with E-state index in [1.165, 1.54) is 5.56 Å². The molecule has 5 heteroatoms. The molecule has 2 rings (SSSR count). The molecule has 0 spiro atoms. The summed E-state index contributed by atoms with van der Waals surface area (Å²) < 4.78 is 11.3. The maximum atomic E-state index is 6.08. The smallest absolute Gasteiger partial charge is 0.164 e. The summed E-state index contributed by atoms with van der Waals surface area (Å²) >= 11 is 7.77. The molecule has 0 unspecified atom stereocenters. The van der Waals surface area contributed by atoms with E-state index in [9.17, 15) is 0 Å². The fourth-order valence-corrected chi connectivity index (χ4v) is 2.92. The van der Waals surface area contributed by atoms with Crippen molar-refractivity contribution in [3.63, 3.8) is 0 Å². The maximum absolute atomic E-state index is 6.08. The van der Waals surface area contributed by atoms with Crippen molar-refractivity contribution >= 4 is 22.9 Å². The Morgan fingerprint density at radius 3 is 2.80 bits per heavy atom. The highest BCUT2D eigenvalue weighted by atomic mass is 35.5. The van der Waals surface area contributed by atoms with Gasteiger partial charge in [-0.15, -0.1) is 0 Å². The summed E-state index contributed by atoms with van der Waals surface area (Å²) in [6, 6.07) is 5.76. The third kappa shape index (κ3) is 3.88. The summed E-state index contributed by atoms with van der Waals surface area (Å²) in [6.07, 6.45) is 1.59. The highest BCUT2D eigenvalue weighted by Gasteiger charge is 2.12. The lowest BCUT2D eigenvalue weighted by Crippen LogP contribution is -2.08. The van der Waals surface area contributed by atoms with E-state index in [2.05, 4.69) is 16.8 Å². The molecule has 0 aliphatic carbocycles. The number of methoxy groups -OCH3 is 1. The zero-order valence-corrected chi connectivity index (χ0v) is 13.0. The minimum atomic E-state index is 0.546. The number of rotatable bonds is 7. The molecule has 0 saturated carbocycles. The Hall–Kier alpha value is -1.23. The predicted octanol–water partition coefficient (Wildman–Crippen LogP) is 3.53. The number of nitrogens with two attached hydrogens (primary N) is 1. The van der Waals surface area contributed by atoms with Crippen LogP contribution in [-0.4, -0.2) is 20.3 Å². The number of benzene rings is 1. The number of ether oxygens (including phenoxy) is 2. The molecule has 1 heterocycles. The first-order chi connectivity index (χ1) is 9.74. The highest BCUT2D eigenvalue weighted by Crippen LogP contribution is 2.35. The summed E-state index contributed by atoms with van der Waals surface area (Å²) in [7, 11) is 1.61. The van der Waals surface area contributed by atoms with Crippen LogP contribution in [0.2, 0.25) is 5.02 Å². The average Bonchev–Trinajstić information content (AvgIpc) is 2.94. The van der Waals surface area contributed by atoms with Crippen molar-refractivity contribution in [1.82, 2.24) is 0 Å². The third-order valence-electron chi connectivity index (χ3n) is 2.95. The van der Waals surface area contributed by atoms with Crippen LogP contribution in [0.1, 0.15) is 11.1 Å². The third-order valence-corrected chi connectivity index (χ3v) is 3.90. The first-order valence-electron chi connectivity index (χ1n) is 6.45. The van der Waals surface area contributed by atoms with Gasteiger partial charge >= 0.3 is 0 Å². The van der Waals surface area contributed by atoms with Crippen molar-refractivity contribution in [1.29, 1.82) is 0 Å². The molecule has 0 amide bonds. The van der Waals surface area contributed by atoms with Crippen LogP contribution in [-0.2, 0) is 12.8 Å². The van der Waals surface area contributed by atoms with Crippen molar-refractivity contribution in [2.24, 2.45) is 5.73 Å². The van der Waals surface area contributed by atoms with Gasteiger partial charge in [-0.3, -0.25) is 0 Å². The Kier molecular flexibility index (Phi) is 5.71. The van der Waals surface area contributed by atoms with Gasteiger partial charge in [0.05, 0.1) is 13.7 Å². The van der Waals surface area contributed by atoms with E-state index in [0.717, 1.165) is 17.7 Å². The van der Waals surface area contributed by atoms with E-state index < -0.39 is 0 Å². The first-order valence-corrected chi connectivity index (χ1v) is 7.77. The monoisotopic (exact) mass is 311 g/mol. The van der Waals surface area contributed by atoms with Crippen molar-refractivity contribution in [2.45, 2.75) is 12.8 Å². The van der Waals surface area contributed by atoms with Gasteiger partial charge in [0.2, 0.25) is 0 Å². The molecule has 108 valence electrons. The second-order valence-corrected chi connectivity index (χ2v) is 5.58. The number of hydrogen-bond donors (Lipinski definition) is 1. The van der Waals surface area contributed by atoms with Gasteiger partial charge in [0.1, 0.15) is 0 Å². The van der Waals surface area contributed by atoms with Crippen LogP contribution in [0.5, 0.6) is 11.5 Å². The van der Waals surface area contributed by atoms with Gasteiger partial charge in [0.25, 0.3) is 0 Å². The standard InChI is InChI=1S/C15H18ClNO2S/c1-18-14-9-13(16)8-12(2-5-17)15(14)19-6-3-11-4-7-20-10-11/h4,7-10H,2-3,5-6,17H2,1H3. The Balaban J connectivity index is 2.11. The van der Waals surface area contributed by atoms with Gasteiger partial charge in [-0.25, -0.2) is 0 Å². The summed E-state index contributed by atoms with van der Waals surface area (Å²) in [5.74, 6) is 1.41. The largest absolute Gasteiger partial charge is 0.493 e. The van der Waals surface area contributed by atoms with Crippen LogP contribution < -0.4 is 15.2 Å². The normalized spacial score (nSPS) is 10.6. The van der Waals surface area contributed by atoms with E-state index in [1.807, 2.05) is 6.07 Å². The molecule has 0 saturated heterocycles. The van der Waals surface area contributed by atoms with E-state index in [-0.39, 0.29) is 0 Å². The van der Waals surface area contributed by atoms with Crippen molar-refractivity contribution in [3.05, 3.63) is 45.1 Å². The summed E-state index contributed by atoms with van der Waals surface area (Å²) in [4.78, 5) is 0. The molecular formula is C15H18ClNO2S.